The fourth-order valence-electron chi connectivity index (χ4n) is 4.01. The number of H-pyrrole nitrogens is 1. The number of aryl methyl sites for hydroxylation is 1. The van der Waals surface area contributed by atoms with Crippen LogP contribution in [-0.4, -0.2) is 76.7 Å². The molecule has 2 saturated heterocycles. The number of benzene rings is 1. The van der Waals surface area contributed by atoms with Gasteiger partial charge in [-0.25, -0.2) is 13.1 Å². The third-order valence-electron chi connectivity index (χ3n) is 5.79. The average Bonchev–Trinajstić information content (AvgIpc) is 3.24. The molecule has 0 bridgehead atoms. The third kappa shape index (κ3) is 4.37. The molecule has 2 fully saturated rings. The van der Waals surface area contributed by atoms with E-state index in [4.69, 9.17) is 12.2 Å². The van der Waals surface area contributed by atoms with Gasteiger partial charge in [-0.2, -0.15) is 4.98 Å². The molecule has 0 saturated carbocycles. The predicted molar refractivity (Wildman–Crippen MR) is 112 cm³/mol. The monoisotopic (exact) mass is 421 g/mol. The van der Waals surface area contributed by atoms with Crippen molar-refractivity contribution >= 4 is 22.1 Å². The van der Waals surface area contributed by atoms with E-state index in [1.807, 2.05) is 4.68 Å². The van der Waals surface area contributed by atoms with Crippen molar-refractivity contribution in [2.75, 3.05) is 37.7 Å². The fraction of sp³-hybridized carbons (Fsp3) is 0.579. The SMILES string of the molecule is CCc1ccc(-c2nc(=S)n(CN3CCN([C@@H]4CCS(=O)(=O)C4)CC3)[nH]2)cc1. The number of sulfone groups is 1. The Bertz CT molecular complexity index is 972. The van der Waals surface area contributed by atoms with Crippen molar-refractivity contribution in [2.45, 2.75) is 32.5 Å². The van der Waals surface area contributed by atoms with E-state index in [9.17, 15) is 8.42 Å². The first-order valence-electron chi connectivity index (χ1n) is 9.86. The van der Waals surface area contributed by atoms with Gasteiger partial charge in [-0.3, -0.25) is 14.9 Å². The predicted octanol–water partition coefficient (Wildman–Crippen LogP) is 1.93. The maximum atomic E-state index is 11.7. The van der Waals surface area contributed by atoms with E-state index in [1.54, 1.807) is 0 Å². The van der Waals surface area contributed by atoms with E-state index in [0.29, 0.717) is 22.9 Å². The zero-order valence-electron chi connectivity index (χ0n) is 16.2. The van der Waals surface area contributed by atoms with E-state index < -0.39 is 9.84 Å². The molecule has 1 aromatic carbocycles. The highest BCUT2D eigenvalue weighted by Gasteiger charge is 2.33. The van der Waals surface area contributed by atoms with Crippen molar-refractivity contribution in [3.05, 3.63) is 34.6 Å². The lowest BCUT2D eigenvalue weighted by Crippen LogP contribution is -2.50. The Morgan fingerprint density at radius 1 is 1.18 bits per heavy atom. The van der Waals surface area contributed by atoms with Crippen molar-refractivity contribution in [1.29, 1.82) is 0 Å². The lowest BCUT2D eigenvalue weighted by atomic mass is 10.1. The number of hydrogen-bond donors (Lipinski definition) is 1. The van der Waals surface area contributed by atoms with Gasteiger partial charge >= 0.3 is 0 Å². The molecule has 0 spiro atoms. The summed E-state index contributed by atoms with van der Waals surface area (Å²) >= 11 is 5.44. The molecule has 1 aromatic heterocycles. The van der Waals surface area contributed by atoms with Crippen LogP contribution in [-0.2, 0) is 22.9 Å². The van der Waals surface area contributed by atoms with Crippen LogP contribution in [0.15, 0.2) is 24.3 Å². The second kappa shape index (κ2) is 8.06. The molecule has 0 unspecified atom stereocenters. The Kier molecular flexibility index (Phi) is 5.69. The minimum atomic E-state index is -2.83. The van der Waals surface area contributed by atoms with Gasteiger partial charge in [-0.1, -0.05) is 31.2 Å². The highest BCUT2D eigenvalue weighted by atomic mass is 32.2. The fourth-order valence-corrected chi connectivity index (χ4v) is 5.97. The molecule has 2 aromatic rings. The minimum Gasteiger partial charge on any atom is -0.297 e. The molecule has 152 valence electrons. The summed E-state index contributed by atoms with van der Waals surface area (Å²) in [7, 11) is -2.83. The molecule has 1 N–H and O–H groups in total. The molecule has 2 aliphatic rings. The van der Waals surface area contributed by atoms with Gasteiger partial charge in [0, 0.05) is 37.8 Å². The lowest BCUT2D eigenvalue weighted by molar-refractivity contribution is 0.0809. The van der Waals surface area contributed by atoms with Gasteiger partial charge in [-0.15, -0.1) is 0 Å². The van der Waals surface area contributed by atoms with Crippen molar-refractivity contribution in [2.24, 2.45) is 0 Å². The first kappa shape index (κ1) is 19.8. The van der Waals surface area contributed by atoms with E-state index in [0.717, 1.165) is 50.4 Å². The summed E-state index contributed by atoms with van der Waals surface area (Å²) in [5, 5.41) is 3.33. The van der Waals surface area contributed by atoms with E-state index in [2.05, 4.69) is 51.1 Å². The molecule has 9 heteroatoms. The second-order valence-corrected chi connectivity index (χ2v) is 10.3. The Balaban J connectivity index is 1.36. The summed E-state index contributed by atoms with van der Waals surface area (Å²) in [6.07, 6.45) is 1.79. The van der Waals surface area contributed by atoms with Crippen molar-refractivity contribution in [1.82, 2.24) is 24.6 Å². The normalized spacial score (nSPS) is 23.2. The molecule has 7 nitrogen and oxygen atoms in total. The van der Waals surface area contributed by atoms with Gasteiger partial charge in [0.15, 0.2) is 15.7 Å². The number of rotatable bonds is 5. The average molecular weight is 422 g/mol. The summed E-state index contributed by atoms with van der Waals surface area (Å²) in [5.41, 5.74) is 2.34. The van der Waals surface area contributed by atoms with Gasteiger partial charge in [0.25, 0.3) is 0 Å². The lowest BCUT2D eigenvalue weighted by Gasteiger charge is -2.37. The van der Waals surface area contributed by atoms with Crippen LogP contribution in [0, 0.1) is 4.77 Å². The Hall–Kier alpha value is -1.55. The summed E-state index contributed by atoms with van der Waals surface area (Å²) in [5.74, 6) is 1.45. The van der Waals surface area contributed by atoms with Crippen molar-refractivity contribution in [3.63, 3.8) is 0 Å². The largest absolute Gasteiger partial charge is 0.297 e. The molecule has 1 atom stereocenters. The van der Waals surface area contributed by atoms with E-state index >= 15 is 0 Å². The number of piperazine rings is 1. The third-order valence-corrected chi connectivity index (χ3v) is 7.85. The van der Waals surface area contributed by atoms with E-state index in [-0.39, 0.29) is 6.04 Å². The molecule has 0 amide bonds. The summed E-state index contributed by atoms with van der Waals surface area (Å²) < 4.78 is 25.9. The number of aromatic nitrogens is 3. The summed E-state index contributed by atoms with van der Waals surface area (Å²) in [4.78, 5) is 9.17. The van der Waals surface area contributed by atoms with Crippen LogP contribution in [0.3, 0.4) is 0 Å². The van der Waals surface area contributed by atoms with Crippen LogP contribution in [0.5, 0.6) is 0 Å². The molecule has 3 heterocycles. The summed E-state index contributed by atoms with van der Waals surface area (Å²) in [6, 6.07) is 8.58. The second-order valence-electron chi connectivity index (χ2n) is 7.69. The molecule has 4 rings (SSSR count). The van der Waals surface area contributed by atoms with Gasteiger partial charge in [0.1, 0.15) is 0 Å². The van der Waals surface area contributed by atoms with Crippen LogP contribution in [0.1, 0.15) is 18.9 Å². The smallest absolute Gasteiger partial charge is 0.217 e. The number of nitrogens with zero attached hydrogens (tertiary/aromatic N) is 4. The van der Waals surface area contributed by atoms with Gasteiger partial charge in [-0.05, 0) is 30.6 Å². The molecule has 28 heavy (non-hydrogen) atoms. The first-order chi connectivity index (χ1) is 13.4. The van der Waals surface area contributed by atoms with Crippen molar-refractivity contribution in [3.8, 4) is 11.4 Å². The van der Waals surface area contributed by atoms with Gasteiger partial charge in [0.2, 0.25) is 4.77 Å². The molecule has 2 aliphatic heterocycles. The number of aromatic amines is 1. The zero-order chi connectivity index (χ0) is 19.7. The van der Waals surface area contributed by atoms with E-state index in [1.165, 1.54) is 5.56 Å². The topological polar surface area (TPSA) is 74.2 Å². The van der Waals surface area contributed by atoms with Crippen LogP contribution in [0.25, 0.3) is 11.4 Å². The maximum absolute atomic E-state index is 11.7. The quantitative estimate of drug-likeness (QED) is 0.744. The maximum Gasteiger partial charge on any atom is 0.217 e. The highest BCUT2D eigenvalue weighted by molar-refractivity contribution is 7.91. The van der Waals surface area contributed by atoms with Gasteiger partial charge < -0.3 is 0 Å². The molecular weight excluding hydrogens is 394 g/mol. The standard InChI is InChI=1S/C19H27N5O2S2/c1-2-15-3-5-16(6-4-15)18-20-19(27)24(21-18)14-22-8-10-23(11-9-22)17-7-12-28(25,26)13-17/h3-6,17H,2,7-14H2,1H3,(H,20,21,27)/t17-/m1/s1. The Morgan fingerprint density at radius 3 is 2.50 bits per heavy atom. The summed E-state index contributed by atoms with van der Waals surface area (Å²) in [6.45, 7) is 6.41. The van der Waals surface area contributed by atoms with Crippen LogP contribution < -0.4 is 0 Å². The Labute approximate surface area is 171 Å². The van der Waals surface area contributed by atoms with Crippen LogP contribution >= 0.6 is 12.2 Å². The highest BCUT2D eigenvalue weighted by Crippen LogP contribution is 2.20. The van der Waals surface area contributed by atoms with Crippen molar-refractivity contribution < 1.29 is 8.42 Å². The number of nitrogens with one attached hydrogen (secondary N) is 1. The first-order valence-corrected chi connectivity index (χ1v) is 12.1. The molecule has 0 radical (unpaired) electrons. The molecular formula is C19H27N5O2S2. The minimum absolute atomic E-state index is 0.194. The zero-order valence-corrected chi connectivity index (χ0v) is 17.8. The van der Waals surface area contributed by atoms with Crippen LogP contribution in [0.4, 0.5) is 0 Å². The van der Waals surface area contributed by atoms with Crippen LogP contribution in [0.2, 0.25) is 0 Å². The molecule has 0 aliphatic carbocycles. The van der Waals surface area contributed by atoms with Gasteiger partial charge in [0.05, 0.1) is 18.2 Å². The number of hydrogen-bond acceptors (Lipinski definition) is 6. The Morgan fingerprint density at radius 2 is 1.89 bits per heavy atom.